The molecule has 1 aromatic rings. The number of benzene rings is 1. The van der Waals surface area contributed by atoms with Crippen LogP contribution in [-0.2, 0) is 6.18 Å². The van der Waals surface area contributed by atoms with E-state index in [1.54, 1.807) is 0 Å². The predicted octanol–water partition coefficient (Wildman–Crippen LogP) is 2.15. The highest BCUT2D eigenvalue weighted by atomic mass is 19.4. The van der Waals surface area contributed by atoms with E-state index in [-0.39, 0.29) is 6.07 Å². The van der Waals surface area contributed by atoms with Crippen LogP contribution in [0.3, 0.4) is 0 Å². The molecule has 0 heterocycles. The Bertz CT molecular complexity index is 345. The van der Waals surface area contributed by atoms with E-state index in [0.29, 0.717) is 0 Å². The first-order valence-corrected chi connectivity index (χ1v) is 3.35. The molecule has 0 aliphatic rings. The summed E-state index contributed by atoms with van der Waals surface area (Å²) in [6.45, 7) is 0. The molecule has 2 nitrogen and oxygen atoms in total. The number of halogens is 5. The molecule has 0 atom stereocenters. The Balaban J connectivity index is 3.56. The second kappa shape index (κ2) is 3.00. The SMILES string of the molecule is Nc1c(F)cc(F)c(N)c1C(F)(F)F. The van der Waals surface area contributed by atoms with E-state index >= 15 is 0 Å². The molecule has 4 N–H and O–H groups in total. The summed E-state index contributed by atoms with van der Waals surface area (Å²) < 4.78 is 61.8. The Morgan fingerprint density at radius 1 is 0.929 bits per heavy atom. The van der Waals surface area contributed by atoms with Gasteiger partial charge in [-0.25, -0.2) is 8.78 Å². The molecule has 0 fully saturated rings. The first-order valence-electron chi connectivity index (χ1n) is 3.35. The van der Waals surface area contributed by atoms with E-state index in [1.165, 1.54) is 0 Å². The van der Waals surface area contributed by atoms with Gasteiger partial charge in [-0.05, 0) is 0 Å². The largest absolute Gasteiger partial charge is 0.420 e. The van der Waals surface area contributed by atoms with Crippen LogP contribution in [0.2, 0.25) is 0 Å². The second-order valence-corrected chi connectivity index (χ2v) is 2.54. The van der Waals surface area contributed by atoms with Gasteiger partial charge in [0.25, 0.3) is 0 Å². The Morgan fingerprint density at radius 2 is 1.29 bits per heavy atom. The third kappa shape index (κ3) is 1.57. The highest BCUT2D eigenvalue weighted by molar-refractivity contribution is 5.64. The fourth-order valence-electron chi connectivity index (χ4n) is 0.956. The van der Waals surface area contributed by atoms with Gasteiger partial charge in [0.1, 0.15) is 17.2 Å². The summed E-state index contributed by atoms with van der Waals surface area (Å²) in [4.78, 5) is 0. The van der Waals surface area contributed by atoms with E-state index in [9.17, 15) is 22.0 Å². The van der Waals surface area contributed by atoms with E-state index in [0.717, 1.165) is 0 Å². The average molecular weight is 212 g/mol. The van der Waals surface area contributed by atoms with Crippen LogP contribution in [0, 0.1) is 11.6 Å². The van der Waals surface area contributed by atoms with Gasteiger partial charge in [0.15, 0.2) is 0 Å². The topological polar surface area (TPSA) is 52.0 Å². The lowest BCUT2D eigenvalue weighted by Crippen LogP contribution is -2.15. The summed E-state index contributed by atoms with van der Waals surface area (Å²) in [7, 11) is 0. The lowest BCUT2D eigenvalue weighted by molar-refractivity contribution is -0.136. The van der Waals surface area contributed by atoms with Crippen molar-refractivity contribution in [3.63, 3.8) is 0 Å². The molecule has 1 aromatic carbocycles. The lowest BCUT2D eigenvalue weighted by Gasteiger charge is -2.13. The number of anilines is 2. The van der Waals surface area contributed by atoms with Gasteiger partial charge >= 0.3 is 6.18 Å². The van der Waals surface area contributed by atoms with Crippen LogP contribution in [0.1, 0.15) is 5.56 Å². The standard InChI is InChI=1S/C7H5F5N2/c8-2-1-3(9)6(14)4(5(2)13)7(10,11)12/h1H,13-14H2. The number of nitrogen functional groups attached to an aromatic ring is 2. The van der Waals surface area contributed by atoms with E-state index in [4.69, 9.17) is 11.5 Å². The molecule has 78 valence electrons. The molecule has 0 saturated heterocycles. The van der Waals surface area contributed by atoms with Gasteiger partial charge in [0, 0.05) is 6.07 Å². The molecular weight excluding hydrogens is 207 g/mol. The van der Waals surface area contributed by atoms with E-state index < -0.39 is 34.7 Å². The second-order valence-electron chi connectivity index (χ2n) is 2.54. The predicted molar refractivity (Wildman–Crippen MR) is 40.2 cm³/mol. The van der Waals surface area contributed by atoms with Gasteiger partial charge < -0.3 is 11.5 Å². The zero-order chi connectivity index (χ0) is 11.1. The lowest BCUT2D eigenvalue weighted by atomic mass is 10.1. The summed E-state index contributed by atoms with van der Waals surface area (Å²) in [6, 6.07) is 0.208. The molecule has 0 radical (unpaired) electrons. The number of alkyl halides is 3. The van der Waals surface area contributed by atoms with Crippen molar-refractivity contribution in [1.82, 2.24) is 0 Å². The van der Waals surface area contributed by atoms with Crippen LogP contribution < -0.4 is 11.5 Å². The van der Waals surface area contributed by atoms with Crippen LogP contribution >= 0.6 is 0 Å². The molecule has 0 saturated carbocycles. The summed E-state index contributed by atoms with van der Waals surface area (Å²) in [5.41, 5.74) is 5.53. The van der Waals surface area contributed by atoms with Gasteiger partial charge in [0.05, 0.1) is 11.4 Å². The fraction of sp³-hybridized carbons (Fsp3) is 0.143. The quantitative estimate of drug-likeness (QED) is 0.511. The minimum absolute atomic E-state index is 0.208. The highest BCUT2D eigenvalue weighted by Gasteiger charge is 2.38. The van der Waals surface area contributed by atoms with Crippen LogP contribution in [0.25, 0.3) is 0 Å². The maximum atomic E-state index is 12.6. The zero-order valence-electron chi connectivity index (χ0n) is 6.62. The van der Waals surface area contributed by atoms with Crippen molar-refractivity contribution in [2.45, 2.75) is 6.18 Å². The number of nitrogens with two attached hydrogens (primary N) is 2. The van der Waals surface area contributed by atoms with Gasteiger partial charge in [-0.2, -0.15) is 13.2 Å². The molecular formula is C7H5F5N2. The first kappa shape index (κ1) is 10.6. The maximum absolute atomic E-state index is 12.6. The molecule has 0 spiro atoms. The van der Waals surface area contributed by atoms with Crippen LogP contribution in [0.4, 0.5) is 33.3 Å². The Hall–Kier alpha value is -1.53. The molecule has 1 rings (SSSR count). The normalized spacial score (nSPS) is 11.8. The van der Waals surface area contributed by atoms with Gasteiger partial charge in [-0.1, -0.05) is 0 Å². The molecule has 7 heteroatoms. The third-order valence-electron chi connectivity index (χ3n) is 1.59. The van der Waals surface area contributed by atoms with Crippen LogP contribution in [0.15, 0.2) is 6.07 Å². The minimum atomic E-state index is -4.98. The highest BCUT2D eigenvalue weighted by Crippen LogP contribution is 2.39. The van der Waals surface area contributed by atoms with Crippen molar-refractivity contribution < 1.29 is 22.0 Å². The van der Waals surface area contributed by atoms with Crippen molar-refractivity contribution in [1.29, 1.82) is 0 Å². The molecule has 0 aromatic heterocycles. The Labute approximate surface area is 75.3 Å². The minimum Gasteiger partial charge on any atom is -0.396 e. The number of rotatable bonds is 0. The smallest absolute Gasteiger partial charge is 0.396 e. The summed E-state index contributed by atoms with van der Waals surface area (Å²) in [5, 5.41) is 0. The molecule has 0 aliphatic carbocycles. The third-order valence-corrected chi connectivity index (χ3v) is 1.59. The molecule has 0 unspecified atom stereocenters. The van der Waals surface area contributed by atoms with Gasteiger partial charge in [-0.3, -0.25) is 0 Å². The van der Waals surface area contributed by atoms with Crippen molar-refractivity contribution in [3.8, 4) is 0 Å². The van der Waals surface area contributed by atoms with Crippen molar-refractivity contribution in [3.05, 3.63) is 23.3 Å². The van der Waals surface area contributed by atoms with Gasteiger partial charge in [-0.15, -0.1) is 0 Å². The first-order chi connectivity index (χ1) is 6.25. The molecule has 0 aliphatic heterocycles. The van der Waals surface area contributed by atoms with Crippen LogP contribution in [-0.4, -0.2) is 0 Å². The van der Waals surface area contributed by atoms with E-state index in [2.05, 4.69) is 0 Å². The molecule has 14 heavy (non-hydrogen) atoms. The zero-order valence-corrected chi connectivity index (χ0v) is 6.62. The van der Waals surface area contributed by atoms with Gasteiger partial charge in [0.2, 0.25) is 0 Å². The maximum Gasteiger partial charge on any atom is 0.420 e. The summed E-state index contributed by atoms with van der Waals surface area (Å²) >= 11 is 0. The molecule has 0 amide bonds. The Morgan fingerprint density at radius 3 is 1.57 bits per heavy atom. The summed E-state index contributed by atoms with van der Waals surface area (Å²) in [5.74, 6) is -2.96. The fourth-order valence-corrected chi connectivity index (χ4v) is 0.956. The van der Waals surface area contributed by atoms with Crippen molar-refractivity contribution in [2.75, 3.05) is 11.5 Å². The van der Waals surface area contributed by atoms with Crippen LogP contribution in [0.5, 0.6) is 0 Å². The van der Waals surface area contributed by atoms with E-state index in [1.807, 2.05) is 0 Å². The summed E-state index contributed by atoms with van der Waals surface area (Å²) in [6.07, 6.45) is -4.98. The Kier molecular flexibility index (Phi) is 2.26. The van der Waals surface area contributed by atoms with Crippen molar-refractivity contribution in [2.24, 2.45) is 0 Å². The number of hydrogen-bond donors (Lipinski definition) is 2. The average Bonchev–Trinajstić information content (AvgIpc) is 1.98. The monoisotopic (exact) mass is 212 g/mol. The number of hydrogen-bond acceptors (Lipinski definition) is 2. The van der Waals surface area contributed by atoms with Crippen molar-refractivity contribution >= 4 is 11.4 Å². The molecule has 0 bridgehead atoms.